The number of benzene rings is 2. The molecule has 0 saturated heterocycles. The van der Waals surface area contributed by atoms with Crippen molar-refractivity contribution in [1.82, 2.24) is 0 Å². The first-order valence-electron chi connectivity index (χ1n) is 6.84. The predicted molar refractivity (Wildman–Crippen MR) is 79.3 cm³/mol. The Morgan fingerprint density at radius 3 is 2.16 bits per heavy atom. The van der Waals surface area contributed by atoms with Gasteiger partial charge in [0, 0.05) is 6.42 Å². The van der Waals surface area contributed by atoms with Crippen molar-refractivity contribution in [3.63, 3.8) is 0 Å². The zero-order valence-corrected chi connectivity index (χ0v) is 11.2. The van der Waals surface area contributed by atoms with Gasteiger partial charge in [-0.05, 0) is 37.1 Å². The van der Waals surface area contributed by atoms with E-state index in [1.807, 2.05) is 36.4 Å². The van der Waals surface area contributed by atoms with Crippen molar-refractivity contribution in [3.8, 4) is 5.75 Å². The van der Waals surface area contributed by atoms with Crippen LogP contribution in [0.1, 0.15) is 18.4 Å². The number of rotatable bonds is 7. The van der Waals surface area contributed by atoms with E-state index in [9.17, 15) is 0 Å². The quantitative estimate of drug-likeness (QED) is 0.822. The lowest BCUT2D eigenvalue weighted by Gasteiger charge is -2.19. The molecule has 0 bridgehead atoms. The molecule has 2 rings (SSSR count). The number of ether oxygens (including phenoxy) is 1. The third-order valence-electron chi connectivity index (χ3n) is 3.08. The molecule has 0 aliphatic heterocycles. The molecule has 0 radical (unpaired) electrons. The van der Waals surface area contributed by atoms with Crippen LogP contribution in [-0.2, 0) is 6.42 Å². The molecular weight excluding hydrogens is 234 g/mol. The minimum absolute atomic E-state index is 0.188. The first-order valence-corrected chi connectivity index (χ1v) is 6.84. The summed E-state index contributed by atoms with van der Waals surface area (Å²) in [5, 5.41) is 0. The molecule has 2 nitrogen and oxygen atoms in total. The molecular formula is C17H21NO. The van der Waals surface area contributed by atoms with E-state index in [4.69, 9.17) is 10.5 Å². The fourth-order valence-electron chi connectivity index (χ4n) is 2.12. The Hall–Kier alpha value is -1.80. The maximum absolute atomic E-state index is 6.06. The highest BCUT2D eigenvalue weighted by atomic mass is 16.5. The van der Waals surface area contributed by atoms with Crippen molar-refractivity contribution in [1.29, 1.82) is 0 Å². The summed E-state index contributed by atoms with van der Waals surface area (Å²) < 4.78 is 6.06. The average Bonchev–Trinajstić information content (AvgIpc) is 2.47. The molecule has 0 aliphatic rings. The van der Waals surface area contributed by atoms with E-state index in [2.05, 4.69) is 24.3 Å². The molecule has 2 N–H and O–H groups in total. The van der Waals surface area contributed by atoms with Gasteiger partial charge >= 0.3 is 0 Å². The van der Waals surface area contributed by atoms with Gasteiger partial charge in [0.15, 0.2) is 0 Å². The van der Waals surface area contributed by atoms with Gasteiger partial charge in [-0.2, -0.15) is 0 Å². The SMILES string of the molecule is NCCC[C@@H](Cc1ccccc1)Oc1ccccc1. The summed E-state index contributed by atoms with van der Waals surface area (Å²) in [6.45, 7) is 0.712. The lowest BCUT2D eigenvalue weighted by Crippen LogP contribution is -2.21. The summed E-state index contributed by atoms with van der Waals surface area (Å²) in [7, 11) is 0. The largest absolute Gasteiger partial charge is 0.490 e. The Morgan fingerprint density at radius 2 is 1.53 bits per heavy atom. The van der Waals surface area contributed by atoms with E-state index in [-0.39, 0.29) is 6.10 Å². The van der Waals surface area contributed by atoms with Crippen molar-refractivity contribution >= 4 is 0 Å². The minimum atomic E-state index is 0.188. The summed E-state index contributed by atoms with van der Waals surface area (Å²) in [5.74, 6) is 0.931. The number of hydrogen-bond donors (Lipinski definition) is 1. The van der Waals surface area contributed by atoms with Crippen LogP contribution in [0.5, 0.6) is 5.75 Å². The first-order chi connectivity index (χ1) is 9.38. The Kier molecular flexibility index (Phi) is 5.45. The van der Waals surface area contributed by atoms with Crippen molar-refractivity contribution in [3.05, 3.63) is 66.2 Å². The maximum Gasteiger partial charge on any atom is 0.119 e. The van der Waals surface area contributed by atoms with Crippen LogP contribution in [0.25, 0.3) is 0 Å². The van der Waals surface area contributed by atoms with E-state index >= 15 is 0 Å². The van der Waals surface area contributed by atoms with E-state index in [0.29, 0.717) is 6.54 Å². The number of para-hydroxylation sites is 1. The van der Waals surface area contributed by atoms with Crippen LogP contribution in [-0.4, -0.2) is 12.6 Å². The fraction of sp³-hybridized carbons (Fsp3) is 0.294. The van der Waals surface area contributed by atoms with Gasteiger partial charge in [-0.25, -0.2) is 0 Å². The minimum Gasteiger partial charge on any atom is -0.490 e. The van der Waals surface area contributed by atoms with Gasteiger partial charge in [-0.15, -0.1) is 0 Å². The average molecular weight is 255 g/mol. The highest BCUT2D eigenvalue weighted by Gasteiger charge is 2.11. The molecule has 0 aliphatic carbocycles. The molecule has 0 unspecified atom stereocenters. The zero-order valence-electron chi connectivity index (χ0n) is 11.2. The Bertz CT molecular complexity index is 414. The van der Waals surface area contributed by atoms with E-state index in [1.165, 1.54) is 5.56 Å². The fourth-order valence-corrected chi connectivity index (χ4v) is 2.12. The van der Waals surface area contributed by atoms with Gasteiger partial charge in [0.25, 0.3) is 0 Å². The van der Waals surface area contributed by atoms with Gasteiger partial charge in [0.05, 0.1) is 0 Å². The zero-order chi connectivity index (χ0) is 13.3. The molecule has 0 fully saturated rings. The summed E-state index contributed by atoms with van der Waals surface area (Å²) >= 11 is 0. The van der Waals surface area contributed by atoms with Crippen molar-refractivity contribution in [2.45, 2.75) is 25.4 Å². The second kappa shape index (κ2) is 7.59. The summed E-state index contributed by atoms with van der Waals surface area (Å²) in [6, 6.07) is 20.5. The van der Waals surface area contributed by atoms with Crippen LogP contribution in [0.2, 0.25) is 0 Å². The highest BCUT2D eigenvalue weighted by molar-refractivity contribution is 5.22. The van der Waals surface area contributed by atoms with Crippen LogP contribution in [0.4, 0.5) is 0 Å². The summed E-state index contributed by atoms with van der Waals surface area (Å²) in [6.07, 6.45) is 3.09. The molecule has 1 atom stereocenters. The standard InChI is InChI=1S/C17H21NO/c18-13-7-12-17(14-15-8-3-1-4-9-15)19-16-10-5-2-6-11-16/h1-6,8-11,17H,7,12-14,18H2/t17-/m0/s1. The van der Waals surface area contributed by atoms with Gasteiger partial charge in [0.2, 0.25) is 0 Å². The summed E-state index contributed by atoms with van der Waals surface area (Å²) in [4.78, 5) is 0. The van der Waals surface area contributed by atoms with E-state index < -0.39 is 0 Å². The van der Waals surface area contributed by atoms with Crippen LogP contribution < -0.4 is 10.5 Å². The Morgan fingerprint density at radius 1 is 0.895 bits per heavy atom. The highest BCUT2D eigenvalue weighted by Crippen LogP contribution is 2.16. The second-order valence-corrected chi connectivity index (χ2v) is 4.67. The number of hydrogen-bond acceptors (Lipinski definition) is 2. The third kappa shape index (κ3) is 4.76. The first kappa shape index (κ1) is 13.6. The maximum atomic E-state index is 6.06. The van der Waals surface area contributed by atoms with Gasteiger partial charge in [0.1, 0.15) is 11.9 Å². The topological polar surface area (TPSA) is 35.2 Å². The predicted octanol–water partition coefficient (Wildman–Crippen LogP) is 3.42. The Labute approximate surface area is 115 Å². The van der Waals surface area contributed by atoms with Crippen LogP contribution >= 0.6 is 0 Å². The normalized spacial score (nSPS) is 12.1. The molecule has 0 spiro atoms. The molecule has 0 heterocycles. The molecule has 0 aromatic heterocycles. The Balaban J connectivity index is 1.99. The molecule has 0 saturated carbocycles. The monoisotopic (exact) mass is 255 g/mol. The lowest BCUT2D eigenvalue weighted by atomic mass is 10.0. The second-order valence-electron chi connectivity index (χ2n) is 4.67. The van der Waals surface area contributed by atoms with Gasteiger partial charge in [-0.1, -0.05) is 48.5 Å². The van der Waals surface area contributed by atoms with Gasteiger partial charge in [-0.3, -0.25) is 0 Å². The van der Waals surface area contributed by atoms with Gasteiger partial charge < -0.3 is 10.5 Å². The molecule has 2 aromatic rings. The van der Waals surface area contributed by atoms with Crippen LogP contribution in [0.15, 0.2) is 60.7 Å². The molecule has 100 valence electrons. The van der Waals surface area contributed by atoms with Crippen LogP contribution in [0, 0.1) is 0 Å². The molecule has 2 heteroatoms. The molecule has 19 heavy (non-hydrogen) atoms. The number of nitrogens with two attached hydrogens (primary N) is 1. The lowest BCUT2D eigenvalue weighted by molar-refractivity contribution is 0.189. The van der Waals surface area contributed by atoms with Crippen molar-refractivity contribution in [2.24, 2.45) is 5.73 Å². The molecule has 0 amide bonds. The van der Waals surface area contributed by atoms with E-state index in [0.717, 1.165) is 25.0 Å². The van der Waals surface area contributed by atoms with Crippen molar-refractivity contribution in [2.75, 3.05) is 6.54 Å². The summed E-state index contributed by atoms with van der Waals surface area (Å²) in [5.41, 5.74) is 6.91. The van der Waals surface area contributed by atoms with Crippen molar-refractivity contribution < 1.29 is 4.74 Å². The smallest absolute Gasteiger partial charge is 0.119 e. The molecule has 2 aromatic carbocycles. The van der Waals surface area contributed by atoms with Crippen LogP contribution in [0.3, 0.4) is 0 Å². The van der Waals surface area contributed by atoms with E-state index in [1.54, 1.807) is 0 Å². The third-order valence-corrected chi connectivity index (χ3v) is 3.08.